The molecule has 0 unspecified atom stereocenters. The number of hydrogen-bond acceptors (Lipinski definition) is 7. The van der Waals surface area contributed by atoms with Crippen LogP contribution in [0.4, 0.5) is 0 Å². The molecule has 1 fully saturated rings. The summed E-state index contributed by atoms with van der Waals surface area (Å²) in [5, 5.41) is 7.99. The van der Waals surface area contributed by atoms with Crippen molar-refractivity contribution in [1.29, 1.82) is 0 Å². The van der Waals surface area contributed by atoms with E-state index in [1.165, 1.54) is 6.08 Å². The molecule has 0 bridgehead atoms. The van der Waals surface area contributed by atoms with E-state index in [1.54, 1.807) is 45.0 Å². The standard InChI is InChI=1S/C30H43N3O7/c1-8-21-29(37)40-24(16-20-12-10-9-11-13-20)30(38)39-23(15-18(4)5)27(35)32-22(14-17(2)3)26(34)33-25(19(6)7)28(36)31-21/h8-13,17-19,22-25H,14-16H2,1-7H3,(H,31,36)(H,32,35)(H,33,34)/t22-,23+,24+,25+/m1/s1. The molecule has 0 radical (unpaired) electrons. The number of nitrogens with one attached hydrogen (secondary N) is 3. The van der Waals surface area contributed by atoms with Gasteiger partial charge in [-0.1, -0.05) is 78.0 Å². The molecule has 1 aliphatic heterocycles. The molecule has 3 amide bonds. The molecule has 10 nitrogen and oxygen atoms in total. The highest BCUT2D eigenvalue weighted by Gasteiger charge is 2.36. The number of cyclic esters (lactones) is 2. The van der Waals surface area contributed by atoms with Crippen LogP contribution < -0.4 is 16.0 Å². The zero-order valence-electron chi connectivity index (χ0n) is 24.5. The third-order valence-corrected chi connectivity index (χ3v) is 6.37. The van der Waals surface area contributed by atoms with E-state index in [2.05, 4.69) is 16.0 Å². The van der Waals surface area contributed by atoms with Crippen molar-refractivity contribution < 1.29 is 33.4 Å². The molecule has 1 aromatic carbocycles. The van der Waals surface area contributed by atoms with Crippen molar-refractivity contribution in [2.75, 3.05) is 0 Å². The van der Waals surface area contributed by atoms with Gasteiger partial charge in [0.25, 0.3) is 5.91 Å². The van der Waals surface area contributed by atoms with E-state index in [0.29, 0.717) is 12.0 Å². The van der Waals surface area contributed by atoms with Crippen LogP contribution in [0.5, 0.6) is 0 Å². The Balaban J connectivity index is 2.56. The lowest BCUT2D eigenvalue weighted by Crippen LogP contribution is -2.57. The van der Waals surface area contributed by atoms with Crippen LogP contribution in [0.3, 0.4) is 0 Å². The predicted molar refractivity (Wildman–Crippen MR) is 149 cm³/mol. The van der Waals surface area contributed by atoms with E-state index >= 15 is 0 Å². The Labute approximate surface area is 236 Å². The van der Waals surface area contributed by atoms with Gasteiger partial charge in [0.05, 0.1) is 0 Å². The summed E-state index contributed by atoms with van der Waals surface area (Å²) in [5.41, 5.74) is 0.523. The first-order valence-electron chi connectivity index (χ1n) is 13.9. The van der Waals surface area contributed by atoms with Crippen LogP contribution in [0.15, 0.2) is 42.1 Å². The lowest BCUT2D eigenvalue weighted by molar-refractivity contribution is -0.172. The van der Waals surface area contributed by atoms with E-state index in [-0.39, 0.29) is 36.3 Å². The Morgan fingerprint density at radius 2 is 1.40 bits per heavy atom. The van der Waals surface area contributed by atoms with Crippen molar-refractivity contribution >= 4 is 29.7 Å². The number of benzene rings is 1. The zero-order valence-corrected chi connectivity index (χ0v) is 24.5. The van der Waals surface area contributed by atoms with Gasteiger partial charge in [-0.3, -0.25) is 14.4 Å². The van der Waals surface area contributed by atoms with Gasteiger partial charge < -0.3 is 25.4 Å². The van der Waals surface area contributed by atoms with Gasteiger partial charge in [0, 0.05) is 6.42 Å². The number of esters is 2. The van der Waals surface area contributed by atoms with Crippen molar-refractivity contribution in [1.82, 2.24) is 16.0 Å². The molecule has 0 saturated carbocycles. The highest BCUT2D eigenvalue weighted by molar-refractivity contribution is 5.99. The van der Waals surface area contributed by atoms with Gasteiger partial charge >= 0.3 is 11.9 Å². The minimum atomic E-state index is -1.39. The molecule has 3 N–H and O–H groups in total. The molecule has 0 aromatic heterocycles. The molecular formula is C30H43N3O7. The van der Waals surface area contributed by atoms with Gasteiger partial charge in [0.2, 0.25) is 17.9 Å². The highest BCUT2D eigenvalue weighted by Crippen LogP contribution is 2.17. The molecule has 0 aliphatic carbocycles. The molecule has 40 heavy (non-hydrogen) atoms. The maximum absolute atomic E-state index is 13.4. The molecule has 2 rings (SSSR count). The summed E-state index contributed by atoms with van der Waals surface area (Å²) in [6, 6.07) is 6.95. The van der Waals surface area contributed by atoms with E-state index in [0.717, 1.165) is 0 Å². The Bertz CT molecular complexity index is 1080. The van der Waals surface area contributed by atoms with Gasteiger partial charge in [-0.05, 0) is 43.1 Å². The Hall–Kier alpha value is -3.69. The first-order valence-corrected chi connectivity index (χ1v) is 13.9. The SMILES string of the molecule is CC=C1NC(=O)[C@H](C(C)C)NC(=O)[C@@H](CC(C)C)NC(=O)[C@H](CC(C)C)OC(=O)[C@H](Cc2ccccc2)OC1=O. The van der Waals surface area contributed by atoms with E-state index in [4.69, 9.17) is 9.47 Å². The van der Waals surface area contributed by atoms with E-state index < -0.39 is 54.0 Å². The number of hydrogen-bond donors (Lipinski definition) is 3. The zero-order chi connectivity index (χ0) is 30.0. The number of carbonyl (C=O) groups is 5. The van der Waals surface area contributed by atoms with Crippen LogP contribution in [0.1, 0.15) is 66.9 Å². The van der Waals surface area contributed by atoms with Crippen molar-refractivity contribution in [3.05, 3.63) is 47.7 Å². The third kappa shape index (κ3) is 9.81. The van der Waals surface area contributed by atoms with Crippen molar-refractivity contribution in [2.24, 2.45) is 17.8 Å². The average molecular weight is 558 g/mol. The largest absolute Gasteiger partial charge is 0.450 e. The second-order valence-corrected chi connectivity index (χ2v) is 11.3. The monoisotopic (exact) mass is 557 g/mol. The summed E-state index contributed by atoms with van der Waals surface area (Å²) in [6.45, 7) is 12.6. The van der Waals surface area contributed by atoms with Crippen LogP contribution in [-0.2, 0) is 39.9 Å². The Morgan fingerprint density at radius 3 is 1.95 bits per heavy atom. The summed E-state index contributed by atoms with van der Waals surface area (Å²) < 4.78 is 11.2. The van der Waals surface area contributed by atoms with Gasteiger partial charge in [0.15, 0.2) is 6.10 Å². The lowest BCUT2D eigenvalue weighted by Gasteiger charge is -2.27. The predicted octanol–water partition coefficient (Wildman–Crippen LogP) is 2.80. The van der Waals surface area contributed by atoms with Crippen LogP contribution >= 0.6 is 0 Å². The fourth-order valence-electron chi connectivity index (χ4n) is 4.25. The summed E-state index contributed by atoms with van der Waals surface area (Å²) in [5.74, 6) is -3.99. The molecule has 0 spiro atoms. The molecule has 1 aliphatic rings. The fourth-order valence-corrected chi connectivity index (χ4v) is 4.25. The topological polar surface area (TPSA) is 140 Å². The fraction of sp³-hybridized carbons (Fsp3) is 0.567. The number of amides is 3. The van der Waals surface area contributed by atoms with Crippen molar-refractivity contribution in [3.63, 3.8) is 0 Å². The highest BCUT2D eigenvalue weighted by atomic mass is 16.6. The molecule has 1 saturated heterocycles. The van der Waals surface area contributed by atoms with Crippen molar-refractivity contribution in [3.8, 4) is 0 Å². The average Bonchev–Trinajstić information content (AvgIpc) is 2.88. The number of carbonyl (C=O) groups excluding carboxylic acids is 5. The minimum absolute atomic E-state index is 0.00297. The molecular weight excluding hydrogens is 514 g/mol. The van der Waals surface area contributed by atoms with E-state index in [9.17, 15) is 24.0 Å². The second kappa shape index (κ2) is 15.2. The van der Waals surface area contributed by atoms with Gasteiger partial charge in [-0.25, -0.2) is 9.59 Å². The normalized spacial score (nSPS) is 24.6. The first-order chi connectivity index (χ1) is 18.8. The molecule has 10 heteroatoms. The summed E-state index contributed by atoms with van der Waals surface area (Å²) in [4.78, 5) is 66.5. The Morgan fingerprint density at radius 1 is 0.775 bits per heavy atom. The van der Waals surface area contributed by atoms with Crippen molar-refractivity contribution in [2.45, 2.75) is 92.0 Å². The number of ether oxygens (including phenoxy) is 2. The summed E-state index contributed by atoms with van der Waals surface area (Å²) in [6.07, 6.45) is -0.771. The Kier molecular flexibility index (Phi) is 12.4. The maximum atomic E-state index is 13.4. The quantitative estimate of drug-likeness (QED) is 0.346. The first kappa shape index (κ1) is 32.5. The maximum Gasteiger partial charge on any atom is 0.355 e. The second-order valence-electron chi connectivity index (χ2n) is 11.3. The van der Waals surface area contributed by atoms with Gasteiger partial charge in [-0.15, -0.1) is 0 Å². The molecule has 4 atom stereocenters. The van der Waals surface area contributed by atoms with Crippen LogP contribution in [0, 0.1) is 17.8 Å². The van der Waals surface area contributed by atoms with Crippen LogP contribution in [0.2, 0.25) is 0 Å². The van der Waals surface area contributed by atoms with Crippen LogP contribution in [-0.4, -0.2) is 54.0 Å². The summed E-state index contributed by atoms with van der Waals surface area (Å²) >= 11 is 0. The number of rotatable bonds is 7. The van der Waals surface area contributed by atoms with E-state index in [1.807, 2.05) is 33.8 Å². The third-order valence-electron chi connectivity index (χ3n) is 6.37. The number of allylic oxidation sites excluding steroid dienone is 1. The van der Waals surface area contributed by atoms with Crippen LogP contribution in [0.25, 0.3) is 0 Å². The molecule has 1 aromatic rings. The lowest BCUT2D eigenvalue weighted by atomic mass is 9.99. The van der Waals surface area contributed by atoms with Gasteiger partial charge in [-0.2, -0.15) is 0 Å². The smallest absolute Gasteiger partial charge is 0.355 e. The minimum Gasteiger partial charge on any atom is -0.450 e. The summed E-state index contributed by atoms with van der Waals surface area (Å²) in [7, 11) is 0. The molecule has 1 heterocycles. The molecule has 220 valence electrons. The van der Waals surface area contributed by atoms with Gasteiger partial charge in [0.1, 0.15) is 17.8 Å².